The van der Waals surface area contributed by atoms with Crippen molar-refractivity contribution in [2.75, 3.05) is 6.54 Å². The average Bonchev–Trinajstić information content (AvgIpc) is 2.92. The van der Waals surface area contributed by atoms with Gasteiger partial charge < -0.3 is 10.6 Å². The van der Waals surface area contributed by atoms with E-state index in [9.17, 15) is 4.79 Å². The quantitative estimate of drug-likeness (QED) is 0.823. The molecule has 2 aromatic rings. The zero-order valence-electron chi connectivity index (χ0n) is 14.8. The molecule has 0 aliphatic heterocycles. The molecule has 1 aromatic heterocycles. The third-order valence-corrected chi connectivity index (χ3v) is 4.66. The van der Waals surface area contributed by atoms with Crippen LogP contribution in [0.3, 0.4) is 0 Å². The lowest BCUT2D eigenvalue weighted by Gasteiger charge is -2.27. The standard InChI is InChI=1S/C19H25N3OS/c1-13(2)15-7-6-8-16(11-15)19(4,5)22-18(23)20-10-9-17-12-24-14(3)21-17/h6-8,11-12H,1,9-10H2,2-5H3,(H2,20,22,23). The number of hydrogen-bond donors (Lipinski definition) is 2. The summed E-state index contributed by atoms with van der Waals surface area (Å²) in [6.07, 6.45) is 0.739. The Morgan fingerprint density at radius 2 is 2.12 bits per heavy atom. The van der Waals surface area contributed by atoms with Crippen LogP contribution in [0.2, 0.25) is 0 Å². The Balaban J connectivity index is 1.91. The number of allylic oxidation sites excluding steroid dienone is 1. The molecule has 0 saturated heterocycles. The van der Waals surface area contributed by atoms with Gasteiger partial charge in [0, 0.05) is 18.3 Å². The number of aryl methyl sites for hydroxylation is 1. The van der Waals surface area contributed by atoms with E-state index in [-0.39, 0.29) is 6.03 Å². The second-order valence-corrected chi connectivity index (χ2v) is 7.54. The number of aromatic nitrogens is 1. The molecule has 0 radical (unpaired) electrons. The molecule has 24 heavy (non-hydrogen) atoms. The lowest BCUT2D eigenvalue weighted by atomic mass is 9.92. The Morgan fingerprint density at radius 3 is 2.75 bits per heavy atom. The molecule has 0 atom stereocenters. The van der Waals surface area contributed by atoms with Gasteiger partial charge in [-0.05, 0) is 44.9 Å². The maximum Gasteiger partial charge on any atom is 0.315 e. The van der Waals surface area contributed by atoms with Crippen molar-refractivity contribution in [3.05, 3.63) is 58.1 Å². The van der Waals surface area contributed by atoms with E-state index in [1.807, 2.05) is 51.3 Å². The van der Waals surface area contributed by atoms with Gasteiger partial charge in [0.2, 0.25) is 0 Å². The van der Waals surface area contributed by atoms with E-state index in [1.165, 1.54) is 0 Å². The SMILES string of the molecule is C=C(C)c1cccc(C(C)(C)NC(=O)NCCc2csc(C)n2)c1. The third-order valence-electron chi connectivity index (χ3n) is 3.84. The Bertz CT molecular complexity index is 734. The minimum Gasteiger partial charge on any atom is -0.338 e. The molecule has 0 aliphatic rings. The molecule has 4 nitrogen and oxygen atoms in total. The number of carbonyl (C=O) groups excluding carboxylic acids is 1. The number of nitrogens with one attached hydrogen (secondary N) is 2. The fourth-order valence-electron chi connectivity index (χ4n) is 2.40. The maximum atomic E-state index is 12.2. The fourth-order valence-corrected chi connectivity index (χ4v) is 3.05. The van der Waals surface area contributed by atoms with Gasteiger partial charge in [0.05, 0.1) is 16.2 Å². The van der Waals surface area contributed by atoms with Crippen LogP contribution in [0.5, 0.6) is 0 Å². The Kier molecular flexibility index (Phi) is 5.78. The van der Waals surface area contributed by atoms with Gasteiger partial charge in [-0.25, -0.2) is 9.78 Å². The van der Waals surface area contributed by atoms with Crippen molar-refractivity contribution in [2.24, 2.45) is 0 Å². The molecular formula is C19H25N3OS. The highest BCUT2D eigenvalue weighted by atomic mass is 32.1. The van der Waals surface area contributed by atoms with Crippen LogP contribution >= 0.6 is 11.3 Å². The number of urea groups is 1. The molecule has 0 aliphatic carbocycles. The maximum absolute atomic E-state index is 12.2. The van der Waals surface area contributed by atoms with E-state index < -0.39 is 5.54 Å². The normalized spacial score (nSPS) is 11.2. The highest BCUT2D eigenvalue weighted by Crippen LogP contribution is 2.23. The van der Waals surface area contributed by atoms with Crippen molar-refractivity contribution in [1.82, 2.24) is 15.6 Å². The van der Waals surface area contributed by atoms with Crippen LogP contribution in [-0.2, 0) is 12.0 Å². The summed E-state index contributed by atoms with van der Waals surface area (Å²) >= 11 is 1.63. The summed E-state index contributed by atoms with van der Waals surface area (Å²) in [5.41, 5.74) is 3.70. The van der Waals surface area contributed by atoms with Gasteiger partial charge in [-0.2, -0.15) is 0 Å². The minimum atomic E-state index is -0.466. The molecule has 1 aromatic carbocycles. The predicted molar refractivity (Wildman–Crippen MR) is 101 cm³/mol. The van der Waals surface area contributed by atoms with Gasteiger partial charge in [-0.15, -0.1) is 11.3 Å². The number of benzene rings is 1. The molecule has 0 unspecified atom stereocenters. The number of rotatable bonds is 6. The largest absolute Gasteiger partial charge is 0.338 e. The summed E-state index contributed by atoms with van der Waals surface area (Å²) < 4.78 is 0. The lowest BCUT2D eigenvalue weighted by molar-refractivity contribution is 0.230. The van der Waals surface area contributed by atoms with Crippen LogP contribution < -0.4 is 10.6 Å². The Hall–Kier alpha value is -2.14. The van der Waals surface area contributed by atoms with Crippen molar-refractivity contribution < 1.29 is 4.79 Å². The van der Waals surface area contributed by atoms with E-state index in [0.29, 0.717) is 6.54 Å². The summed E-state index contributed by atoms with van der Waals surface area (Å²) in [4.78, 5) is 16.6. The molecule has 0 spiro atoms. The first-order chi connectivity index (χ1) is 11.3. The molecule has 0 saturated carbocycles. The van der Waals surface area contributed by atoms with Crippen molar-refractivity contribution in [3.8, 4) is 0 Å². The lowest BCUT2D eigenvalue weighted by Crippen LogP contribution is -2.46. The van der Waals surface area contributed by atoms with Crippen molar-refractivity contribution >= 4 is 22.9 Å². The van der Waals surface area contributed by atoms with Crippen LogP contribution in [0.15, 0.2) is 36.2 Å². The first-order valence-electron chi connectivity index (χ1n) is 8.01. The number of thiazole rings is 1. The van der Waals surface area contributed by atoms with Crippen LogP contribution in [0, 0.1) is 6.92 Å². The zero-order chi connectivity index (χ0) is 17.7. The number of nitrogens with zero attached hydrogens (tertiary/aromatic N) is 1. The van der Waals surface area contributed by atoms with Crippen molar-refractivity contribution in [1.29, 1.82) is 0 Å². The van der Waals surface area contributed by atoms with Crippen molar-refractivity contribution in [3.63, 3.8) is 0 Å². The van der Waals surface area contributed by atoms with E-state index >= 15 is 0 Å². The molecule has 0 bridgehead atoms. The Morgan fingerprint density at radius 1 is 1.38 bits per heavy atom. The van der Waals surface area contributed by atoms with Gasteiger partial charge >= 0.3 is 6.03 Å². The number of hydrogen-bond acceptors (Lipinski definition) is 3. The molecule has 0 fully saturated rings. The van der Waals surface area contributed by atoms with Gasteiger partial charge in [0.15, 0.2) is 0 Å². The van der Waals surface area contributed by atoms with Gasteiger partial charge in [-0.1, -0.05) is 30.4 Å². The minimum absolute atomic E-state index is 0.173. The average molecular weight is 343 g/mol. The topological polar surface area (TPSA) is 54.0 Å². The third kappa shape index (κ3) is 4.93. The van der Waals surface area contributed by atoms with Gasteiger partial charge in [-0.3, -0.25) is 0 Å². The van der Waals surface area contributed by atoms with Gasteiger partial charge in [0.25, 0.3) is 0 Å². The van der Waals surface area contributed by atoms with E-state index in [4.69, 9.17) is 0 Å². The molecule has 2 rings (SSSR count). The number of carbonyl (C=O) groups is 1. The predicted octanol–water partition coefficient (Wildman–Crippen LogP) is 4.26. The van der Waals surface area contributed by atoms with Crippen LogP contribution in [0.4, 0.5) is 4.79 Å². The van der Waals surface area contributed by atoms with E-state index in [2.05, 4.69) is 28.3 Å². The molecule has 2 N–H and O–H groups in total. The molecular weight excluding hydrogens is 318 g/mol. The summed E-state index contributed by atoms with van der Waals surface area (Å²) in [7, 11) is 0. The highest BCUT2D eigenvalue weighted by Gasteiger charge is 2.23. The highest BCUT2D eigenvalue weighted by molar-refractivity contribution is 7.09. The first-order valence-corrected chi connectivity index (χ1v) is 8.89. The first kappa shape index (κ1) is 18.2. The second kappa shape index (κ2) is 7.62. The second-order valence-electron chi connectivity index (χ2n) is 6.47. The van der Waals surface area contributed by atoms with E-state index in [1.54, 1.807) is 11.3 Å². The summed E-state index contributed by atoms with van der Waals surface area (Å²) in [6, 6.07) is 7.93. The van der Waals surface area contributed by atoms with Gasteiger partial charge in [0.1, 0.15) is 0 Å². The van der Waals surface area contributed by atoms with Crippen LogP contribution in [0.25, 0.3) is 5.57 Å². The number of amides is 2. The smallest absolute Gasteiger partial charge is 0.315 e. The zero-order valence-corrected chi connectivity index (χ0v) is 15.6. The van der Waals surface area contributed by atoms with E-state index in [0.717, 1.165) is 33.8 Å². The molecule has 1 heterocycles. The van der Waals surface area contributed by atoms with Crippen molar-refractivity contribution in [2.45, 2.75) is 39.7 Å². The summed E-state index contributed by atoms with van der Waals surface area (Å²) in [5, 5.41) is 9.01. The van der Waals surface area contributed by atoms with Crippen LogP contribution in [-0.4, -0.2) is 17.6 Å². The Labute approximate surface area is 148 Å². The van der Waals surface area contributed by atoms with Crippen LogP contribution in [0.1, 0.15) is 42.6 Å². The summed E-state index contributed by atoms with van der Waals surface area (Å²) in [5.74, 6) is 0. The summed E-state index contributed by atoms with van der Waals surface area (Å²) in [6.45, 7) is 12.5. The molecule has 2 amide bonds. The molecule has 5 heteroatoms. The monoisotopic (exact) mass is 343 g/mol. The molecule has 128 valence electrons. The fraction of sp³-hybridized carbons (Fsp3) is 0.368.